The normalized spacial score (nSPS) is 22.3. The van der Waals surface area contributed by atoms with Crippen molar-refractivity contribution in [2.24, 2.45) is 11.3 Å². The van der Waals surface area contributed by atoms with Crippen LogP contribution in [0.4, 0.5) is 0 Å². The van der Waals surface area contributed by atoms with E-state index < -0.39 is 0 Å². The zero-order valence-electron chi connectivity index (χ0n) is 10.4. The molecule has 0 saturated heterocycles. The molecule has 2 rings (SSSR count). The van der Waals surface area contributed by atoms with Gasteiger partial charge in [-0.25, -0.2) is 4.68 Å². The second-order valence-corrected chi connectivity index (χ2v) is 5.34. The fraction of sp³-hybridized carbons (Fsp3) is 0.909. The van der Waals surface area contributed by atoms with Gasteiger partial charge in [-0.2, -0.15) is 0 Å². The molecule has 5 heteroatoms. The van der Waals surface area contributed by atoms with Crippen molar-refractivity contribution in [3.8, 4) is 0 Å². The molecule has 0 aliphatic heterocycles. The maximum absolute atomic E-state index is 4.06. The summed E-state index contributed by atoms with van der Waals surface area (Å²) in [5.41, 5.74) is 0.486. The molecule has 1 unspecified atom stereocenters. The monoisotopic (exact) mass is 223 g/mol. The van der Waals surface area contributed by atoms with Crippen LogP contribution in [0.15, 0.2) is 0 Å². The molecule has 1 saturated carbocycles. The maximum atomic E-state index is 4.06. The van der Waals surface area contributed by atoms with Crippen molar-refractivity contribution in [2.45, 2.75) is 46.7 Å². The molecule has 0 bridgehead atoms. The third-order valence-electron chi connectivity index (χ3n) is 3.43. The van der Waals surface area contributed by atoms with Gasteiger partial charge in [-0.05, 0) is 41.1 Å². The third kappa shape index (κ3) is 2.58. The number of hydrogen-bond acceptors (Lipinski definition) is 4. The number of nitrogens with one attached hydrogen (secondary N) is 1. The van der Waals surface area contributed by atoms with Crippen LogP contribution in [0, 0.1) is 11.3 Å². The zero-order chi connectivity index (χ0) is 11.6. The lowest BCUT2D eigenvalue weighted by atomic mass is 10.1. The first-order valence-electron chi connectivity index (χ1n) is 6.09. The summed E-state index contributed by atoms with van der Waals surface area (Å²) in [5.74, 6) is 1.69. The number of aromatic nitrogens is 4. The predicted molar refractivity (Wildman–Crippen MR) is 61.7 cm³/mol. The van der Waals surface area contributed by atoms with E-state index in [2.05, 4.69) is 41.6 Å². The first-order valence-corrected chi connectivity index (χ1v) is 6.09. The highest BCUT2D eigenvalue weighted by Crippen LogP contribution is 2.52. The van der Waals surface area contributed by atoms with Crippen LogP contribution in [0.5, 0.6) is 0 Å². The average Bonchev–Trinajstić information content (AvgIpc) is 2.63. The highest BCUT2D eigenvalue weighted by atomic mass is 15.5. The molecule has 0 aromatic carbocycles. The summed E-state index contributed by atoms with van der Waals surface area (Å²) >= 11 is 0. The Morgan fingerprint density at radius 2 is 2.25 bits per heavy atom. The molecule has 1 aromatic rings. The number of rotatable bonds is 6. The molecule has 1 atom stereocenters. The van der Waals surface area contributed by atoms with Crippen molar-refractivity contribution in [3.05, 3.63) is 5.82 Å². The topological polar surface area (TPSA) is 55.6 Å². The molecule has 16 heavy (non-hydrogen) atoms. The molecule has 0 amide bonds. The van der Waals surface area contributed by atoms with E-state index in [1.165, 1.54) is 6.42 Å². The van der Waals surface area contributed by atoms with Crippen molar-refractivity contribution in [3.63, 3.8) is 0 Å². The van der Waals surface area contributed by atoms with Gasteiger partial charge in [0.2, 0.25) is 0 Å². The van der Waals surface area contributed by atoms with E-state index in [4.69, 9.17) is 0 Å². The van der Waals surface area contributed by atoms with E-state index in [1.807, 2.05) is 4.68 Å². The lowest BCUT2D eigenvalue weighted by Gasteiger charge is -2.06. The third-order valence-corrected chi connectivity index (χ3v) is 3.43. The van der Waals surface area contributed by atoms with Crippen LogP contribution in [0.25, 0.3) is 0 Å². The Hall–Kier alpha value is -0.970. The van der Waals surface area contributed by atoms with Gasteiger partial charge in [-0.1, -0.05) is 20.8 Å². The van der Waals surface area contributed by atoms with E-state index >= 15 is 0 Å². The second kappa shape index (κ2) is 4.49. The van der Waals surface area contributed by atoms with Gasteiger partial charge in [0, 0.05) is 6.54 Å². The lowest BCUT2D eigenvalue weighted by Crippen LogP contribution is -2.19. The Balaban J connectivity index is 1.87. The summed E-state index contributed by atoms with van der Waals surface area (Å²) in [5, 5.41) is 15.2. The molecular weight excluding hydrogens is 202 g/mol. The van der Waals surface area contributed by atoms with Crippen LogP contribution < -0.4 is 5.32 Å². The van der Waals surface area contributed by atoms with Gasteiger partial charge in [0.25, 0.3) is 0 Å². The Morgan fingerprint density at radius 1 is 1.50 bits per heavy atom. The maximum Gasteiger partial charge on any atom is 0.165 e. The molecule has 1 N–H and O–H groups in total. The van der Waals surface area contributed by atoms with Crippen molar-refractivity contribution in [2.75, 3.05) is 6.54 Å². The van der Waals surface area contributed by atoms with Crippen molar-refractivity contribution >= 4 is 0 Å². The lowest BCUT2D eigenvalue weighted by molar-refractivity contribution is 0.448. The number of tetrazole rings is 1. The Morgan fingerprint density at radius 3 is 2.88 bits per heavy atom. The molecule has 90 valence electrons. The minimum atomic E-state index is 0.486. The standard InChI is InChI=1S/C11H21N5/c1-4-5-12-7-10-13-14-15-16(10)8-9-6-11(9,2)3/h9,12H,4-8H2,1-3H3. The first kappa shape index (κ1) is 11.5. The Kier molecular flexibility index (Phi) is 3.23. The smallest absolute Gasteiger partial charge is 0.165 e. The summed E-state index contributed by atoms with van der Waals surface area (Å²) in [7, 11) is 0. The van der Waals surface area contributed by atoms with Crippen LogP contribution in [0.3, 0.4) is 0 Å². The van der Waals surface area contributed by atoms with Crippen LogP contribution in [0.2, 0.25) is 0 Å². The predicted octanol–water partition coefficient (Wildman–Crippen LogP) is 1.22. The molecule has 1 heterocycles. The Labute approximate surface area is 96.6 Å². The van der Waals surface area contributed by atoms with Gasteiger partial charge >= 0.3 is 0 Å². The average molecular weight is 223 g/mol. The highest BCUT2D eigenvalue weighted by Gasteiger charge is 2.45. The minimum absolute atomic E-state index is 0.486. The first-order chi connectivity index (χ1) is 7.63. The van der Waals surface area contributed by atoms with Crippen LogP contribution in [-0.2, 0) is 13.1 Å². The van der Waals surface area contributed by atoms with Crippen LogP contribution in [0.1, 0.15) is 39.4 Å². The van der Waals surface area contributed by atoms with Crippen molar-refractivity contribution < 1.29 is 0 Å². The molecule has 5 nitrogen and oxygen atoms in total. The second-order valence-electron chi connectivity index (χ2n) is 5.34. The fourth-order valence-electron chi connectivity index (χ4n) is 1.97. The summed E-state index contributed by atoms with van der Waals surface area (Å²) in [6.45, 7) is 9.51. The van der Waals surface area contributed by atoms with Gasteiger partial charge in [0.1, 0.15) is 0 Å². The molecule has 1 aliphatic carbocycles. The van der Waals surface area contributed by atoms with Gasteiger partial charge in [0.15, 0.2) is 5.82 Å². The largest absolute Gasteiger partial charge is 0.310 e. The SMILES string of the molecule is CCCNCc1nnnn1CC1CC1(C)C. The molecule has 0 radical (unpaired) electrons. The van der Waals surface area contributed by atoms with E-state index in [1.54, 1.807) is 0 Å². The van der Waals surface area contributed by atoms with E-state index in [-0.39, 0.29) is 0 Å². The molecular formula is C11H21N5. The molecule has 0 spiro atoms. The quantitative estimate of drug-likeness (QED) is 0.737. The van der Waals surface area contributed by atoms with Gasteiger partial charge in [0.05, 0.1) is 6.54 Å². The summed E-state index contributed by atoms with van der Waals surface area (Å²) < 4.78 is 1.95. The summed E-state index contributed by atoms with van der Waals surface area (Å²) in [6, 6.07) is 0. The van der Waals surface area contributed by atoms with Crippen molar-refractivity contribution in [1.82, 2.24) is 25.5 Å². The Bertz CT molecular complexity index is 344. The summed E-state index contributed by atoms with van der Waals surface area (Å²) in [6.07, 6.45) is 2.42. The molecule has 1 aliphatic rings. The van der Waals surface area contributed by atoms with E-state index in [0.717, 1.165) is 37.8 Å². The fourth-order valence-corrected chi connectivity index (χ4v) is 1.97. The van der Waals surface area contributed by atoms with Crippen LogP contribution >= 0.6 is 0 Å². The highest BCUT2D eigenvalue weighted by molar-refractivity contribution is 4.96. The van der Waals surface area contributed by atoms with Gasteiger partial charge < -0.3 is 5.32 Å². The molecule has 1 aromatic heterocycles. The van der Waals surface area contributed by atoms with Gasteiger partial charge in [-0.3, -0.25) is 0 Å². The van der Waals surface area contributed by atoms with E-state index in [0.29, 0.717) is 5.41 Å². The number of hydrogen-bond donors (Lipinski definition) is 1. The molecule has 1 fully saturated rings. The van der Waals surface area contributed by atoms with E-state index in [9.17, 15) is 0 Å². The minimum Gasteiger partial charge on any atom is -0.310 e. The van der Waals surface area contributed by atoms with Gasteiger partial charge in [-0.15, -0.1) is 5.10 Å². The zero-order valence-corrected chi connectivity index (χ0v) is 10.4. The number of nitrogens with zero attached hydrogens (tertiary/aromatic N) is 4. The van der Waals surface area contributed by atoms with Crippen LogP contribution in [-0.4, -0.2) is 26.8 Å². The van der Waals surface area contributed by atoms with Crippen molar-refractivity contribution in [1.29, 1.82) is 0 Å². The summed E-state index contributed by atoms with van der Waals surface area (Å²) in [4.78, 5) is 0.